The number of methoxy groups -OCH3 is 1. The molecule has 19 heavy (non-hydrogen) atoms. The van der Waals surface area contributed by atoms with Crippen molar-refractivity contribution in [1.82, 2.24) is 0 Å². The average Bonchev–Trinajstić information content (AvgIpc) is 2.41. The number of hydrogen-bond donors (Lipinski definition) is 1. The second-order valence-corrected chi connectivity index (χ2v) is 4.95. The summed E-state index contributed by atoms with van der Waals surface area (Å²) in [5, 5.41) is 8.64. The van der Waals surface area contributed by atoms with E-state index < -0.39 is 0 Å². The topological polar surface area (TPSA) is 46.5 Å². The number of ketones is 1. The van der Waals surface area contributed by atoms with Crippen LogP contribution in [0.15, 0.2) is 12.2 Å². The largest absolute Gasteiger partial charge is 0.396 e. The molecule has 0 unspecified atom stereocenters. The molecule has 112 valence electrons. The number of Topliss-reactive ketones (excluding diaryl/α,β-unsaturated/α-hetero) is 1. The van der Waals surface area contributed by atoms with Crippen molar-refractivity contribution >= 4 is 5.78 Å². The minimum Gasteiger partial charge on any atom is -0.396 e. The summed E-state index contributed by atoms with van der Waals surface area (Å²) in [6, 6.07) is 0. The lowest BCUT2D eigenvalue weighted by atomic mass is 10.0. The number of hydrogen-bond acceptors (Lipinski definition) is 3. The lowest BCUT2D eigenvalue weighted by Gasteiger charge is -2.01. The van der Waals surface area contributed by atoms with Gasteiger partial charge in [0.1, 0.15) is 5.78 Å². The molecule has 0 amide bonds. The van der Waals surface area contributed by atoms with Crippen molar-refractivity contribution in [2.24, 2.45) is 0 Å². The maximum absolute atomic E-state index is 11.6. The Morgan fingerprint density at radius 1 is 0.947 bits per heavy atom. The maximum Gasteiger partial charge on any atom is 0.132 e. The van der Waals surface area contributed by atoms with Crippen LogP contribution in [0.25, 0.3) is 0 Å². The molecule has 0 aliphatic heterocycles. The number of unbranched alkanes of at least 4 members (excludes halogenated alkanes) is 6. The molecule has 0 fully saturated rings. The average molecular weight is 270 g/mol. The standard InChI is InChI=1S/C16H30O3/c1-19-15-11-7-5-9-13-16(18)12-8-4-2-3-6-10-14-17/h7,11,17H,2-6,8-10,12-15H2,1H3/b11-7+. The number of rotatable bonds is 14. The van der Waals surface area contributed by atoms with Gasteiger partial charge in [-0.2, -0.15) is 0 Å². The van der Waals surface area contributed by atoms with Crippen molar-refractivity contribution < 1.29 is 14.6 Å². The first-order valence-corrected chi connectivity index (χ1v) is 7.57. The molecule has 0 rings (SSSR count). The molecule has 0 radical (unpaired) electrons. The predicted octanol–water partition coefficient (Wildman–Crippen LogP) is 3.65. The Balaban J connectivity index is 3.21. The zero-order valence-electron chi connectivity index (χ0n) is 12.4. The summed E-state index contributed by atoms with van der Waals surface area (Å²) < 4.78 is 4.90. The van der Waals surface area contributed by atoms with Crippen LogP contribution in [0, 0.1) is 0 Å². The molecule has 0 heterocycles. The van der Waals surface area contributed by atoms with Crippen LogP contribution in [-0.4, -0.2) is 31.2 Å². The van der Waals surface area contributed by atoms with Crippen molar-refractivity contribution in [2.75, 3.05) is 20.3 Å². The van der Waals surface area contributed by atoms with Crippen LogP contribution in [0.5, 0.6) is 0 Å². The van der Waals surface area contributed by atoms with Gasteiger partial charge in [-0.1, -0.05) is 37.8 Å². The van der Waals surface area contributed by atoms with Crippen LogP contribution in [0.2, 0.25) is 0 Å². The molecule has 0 spiro atoms. The van der Waals surface area contributed by atoms with E-state index in [4.69, 9.17) is 9.84 Å². The van der Waals surface area contributed by atoms with Gasteiger partial charge in [0.05, 0.1) is 6.61 Å². The molecule has 0 bridgehead atoms. The van der Waals surface area contributed by atoms with Crippen molar-refractivity contribution in [3.05, 3.63) is 12.2 Å². The Morgan fingerprint density at radius 2 is 1.58 bits per heavy atom. The van der Waals surface area contributed by atoms with Crippen LogP contribution < -0.4 is 0 Å². The van der Waals surface area contributed by atoms with Crippen LogP contribution in [0.4, 0.5) is 0 Å². The van der Waals surface area contributed by atoms with Crippen LogP contribution >= 0.6 is 0 Å². The molecule has 0 aromatic rings. The van der Waals surface area contributed by atoms with Gasteiger partial charge in [-0.3, -0.25) is 4.79 Å². The van der Waals surface area contributed by atoms with E-state index in [0.717, 1.165) is 44.9 Å². The first kappa shape index (κ1) is 18.3. The summed E-state index contributed by atoms with van der Waals surface area (Å²) in [6.45, 7) is 0.960. The van der Waals surface area contributed by atoms with Gasteiger partial charge in [0.25, 0.3) is 0 Å². The Kier molecular flexibility index (Phi) is 14.8. The summed E-state index contributed by atoms with van der Waals surface area (Å²) in [5.41, 5.74) is 0. The zero-order valence-corrected chi connectivity index (χ0v) is 12.4. The fourth-order valence-corrected chi connectivity index (χ4v) is 1.97. The Hall–Kier alpha value is -0.670. The molecule has 0 aliphatic carbocycles. The van der Waals surface area contributed by atoms with Gasteiger partial charge in [0.2, 0.25) is 0 Å². The third-order valence-electron chi connectivity index (χ3n) is 3.12. The van der Waals surface area contributed by atoms with Crippen molar-refractivity contribution in [3.8, 4) is 0 Å². The van der Waals surface area contributed by atoms with Gasteiger partial charge >= 0.3 is 0 Å². The van der Waals surface area contributed by atoms with Gasteiger partial charge in [-0.15, -0.1) is 0 Å². The highest BCUT2D eigenvalue weighted by molar-refractivity contribution is 5.78. The molecular weight excluding hydrogens is 240 g/mol. The number of carbonyl (C=O) groups is 1. The predicted molar refractivity (Wildman–Crippen MR) is 79.3 cm³/mol. The number of aliphatic hydroxyl groups excluding tert-OH is 1. The fraction of sp³-hybridized carbons (Fsp3) is 0.812. The van der Waals surface area contributed by atoms with Gasteiger partial charge in [-0.25, -0.2) is 0 Å². The number of carbonyl (C=O) groups excluding carboxylic acids is 1. The molecule has 1 N–H and O–H groups in total. The number of ether oxygens (including phenoxy) is 1. The number of allylic oxidation sites excluding steroid dienone is 1. The van der Waals surface area contributed by atoms with Crippen molar-refractivity contribution in [1.29, 1.82) is 0 Å². The Labute approximate surface area is 118 Å². The van der Waals surface area contributed by atoms with E-state index in [0.29, 0.717) is 25.4 Å². The Bertz CT molecular complexity index is 224. The highest BCUT2D eigenvalue weighted by Gasteiger charge is 2.00. The second kappa shape index (κ2) is 15.4. The summed E-state index contributed by atoms with van der Waals surface area (Å²) in [7, 11) is 1.68. The maximum atomic E-state index is 11.6. The molecule has 0 aromatic heterocycles. The molecule has 0 atom stereocenters. The number of aliphatic hydroxyl groups is 1. The van der Waals surface area contributed by atoms with Crippen molar-refractivity contribution in [3.63, 3.8) is 0 Å². The van der Waals surface area contributed by atoms with Crippen LogP contribution in [-0.2, 0) is 9.53 Å². The minimum absolute atomic E-state index is 0.303. The van der Waals surface area contributed by atoms with Gasteiger partial charge in [0.15, 0.2) is 0 Å². The second-order valence-electron chi connectivity index (χ2n) is 4.95. The van der Waals surface area contributed by atoms with E-state index in [1.54, 1.807) is 7.11 Å². The SMILES string of the molecule is COC/C=C/CCCC(=O)CCCCCCCCO. The van der Waals surface area contributed by atoms with Gasteiger partial charge in [-0.05, 0) is 25.7 Å². The Morgan fingerprint density at radius 3 is 2.26 bits per heavy atom. The first-order valence-electron chi connectivity index (χ1n) is 7.57. The molecule has 0 saturated heterocycles. The third-order valence-corrected chi connectivity index (χ3v) is 3.12. The third kappa shape index (κ3) is 15.3. The van der Waals surface area contributed by atoms with Gasteiger partial charge in [0, 0.05) is 26.6 Å². The lowest BCUT2D eigenvalue weighted by Crippen LogP contribution is -1.97. The monoisotopic (exact) mass is 270 g/mol. The lowest BCUT2D eigenvalue weighted by molar-refractivity contribution is -0.119. The smallest absolute Gasteiger partial charge is 0.132 e. The van der Waals surface area contributed by atoms with Crippen LogP contribution in [0.3, 0.4) is 0 Å². The van der Waals surface area contributed by atoms with Crippen LogP contribution in [0.1, 0.15) is 64.2 Å². The molecular formula is C16H30O3. The minimum atomic E-state index is 0.303. The quantitative estimate of drug-likeness (QED) is 0.387. The summed E-state index contributed by atoms with van der Waals surface area (Å²) in [5.74, 6) is 0.399. The van der Waals surface area contributed by atoms with Gasteiger partial charge < -0.3 is 9.84 Å². The van der Waals surface area contributed by atoms with E-state index in [1.807, 2.05) is 6.08 Å². The normalized spacial score (nSPS) is 11.3. The molecule has 3 nitrogen and oxygen atoms in total. The first-order chi connectivity index (χ1) is 9.31. The highest BCUT2D eigenvalue weighted by Crippen LogP contribution is 2.09. The molecule has 3 heteroatoms. The van der Waals surface area contributed by atoms with E-state index >= 15 is 0 Å². The zero-order chi connectivity index (χ0) is 14.2. The van der Waals surface area contributed by atoms with E-state index in [1.165, 1.54) is 12.8 Å². The fourth-order valence-electron chi connectivity index (χ4n) is 1.97. The molecule has 0 aliphatic rings. The van der Waals surface area contributed by atoms with Crippen molar-refractivity contribution in [2.45, 2.75) is 64.2 Å². The highest BCUT2D eigenvalue weighted by atomic mass is 16.5. The summed E-state index contributed by atoms with van der Waals surface area (Å²) in [6.07, 6.45) is 14.0. The van der Waals surface area contributed by atoms with E-state index in [2.05, 4.69) is 6.08 Å². The van der Waals surface area contributed by atoms with E-state index in [-0.39, 0.29) is 0 Å². The molecule has 0 aromatic carbocycles. The summed E-state index contributed by atoms with van der Waals surface area (Å²) in [4.78, 5) is 11.6. The van der Waals surface area contributed by atoms with E-state index in [9.17, 15) is 4.79 Å². The summed E-state index contributed by atoms with van der Waals surface area (Å²) >= 11 is 0. The molecule has 0 saturated carbocycles.